The number of carbonyl (C=O) groups is 1. The monoisotopic (exact) mass is 391 g/mol. The number of rotatable bonds is 7. The topological polar surface area (TPSA) is 81.1 Å². The Morgan fingerprint density at radius 2 is 2.00 bits per heavy atom. The summed E-state index contributed by atoms with van der Waals surface area (Å²) in [6, 6.07) is 14.4. The van der Waals surface area contributed by atoms with Gasteiger partial charge in [-0.1, -0.05) is 36.4 Å². The van der Waals surface area contributed by atoms with Crippen molar-refractivity contribution in [1.29, 1.82) is 0 Å². The van der Waals surface area contributed by atoms with Crippen molar-refractivity contribution in [3.63, 3.8) is 0 Å². The smallest absolute Gasteiger partial charge is 0.268 e. The van der Waals surface area contributed by atoms with Crippen LogP contribution in [0.1, 0.15) is 29.9 Å². The molecule has 5 nitrogen and oxygen atoms in total. The van der Waals surface area contributed by atoms with E-state index < -0.39 is 12.0 Å². The Morgan fingerprint density at radius 3 is 2.69 bits per heavy atom. The molecule has 0 saturated heterocycles. The van der Waals surface area contributed by atoms with Gasteiger partial charge in [-0.05, 0) is 30.2 Å². The van der Waals surface area contributed by atoms with Crippen LogP contribution in [-0.4, -0.2) is 32.4 Å². The van der Waals surface area contributed by atoms with Gasteiger partial charge in [0.05, 0.1) is 18.5 Å². The van der Waals surface area contributed by atoms with Crippen molar-refractivity contribution in [1.82, 2.24) is 9.55 Å². The molecule has 3 aromatic rings. The number of amides is 1. The maximum absolute atomic E-state index is 11.2. The molecule has 2 atom stereocenters. The first-order valence-electron chi connectivity index (χ1n) is 8.18. The van der Waals surface area contributed by atoms with Crippen LogP contribution in [0.2, 0.25) is 0 Å². The van der Waals surface area contributed by atoms with Crippen molar-refractivity contribution in [2.45, 2.75) is 30.4 Å². The molecule has 2 aromatic carbocycles. The Labute approximate surface area is 163 Å². The van der Waals surface area contributed by atoms with Crippen LogP contribution in [0, 0.1) is 0 Å². The molecule has 1 heterocycles. The molecule has 0 spiro atoms. The first kappa shape index (κ1) is 20.3. The number of hydrogen-bond donors (Lipinski definition) is 2. The number of hydrogen-bond acceptors (Lipinski definition) is 4. The second kappa shape index (κ2) is 9.07. The Kier molecular flexibility index (Phi) is 7.08. The molecule has 0 aliphatic rings. The van der Waals surface area contributed by atoms with Crippen molar-refractivity contribution in [3.05, 3.63) is 60.7 Å². The summed E-state index contributed by atoms with van der Waals surface area (Å²) in [4.78, 5) is 16.4. The maximum atomic E-state index is 11.2. The minimum absolute atomic E-state index is 0. The van der Waals surface area contributed by atoms with Crippen LogP contribution in [-0.2, 0) is 0 Å². The van der Waals surface area contributed by atoms with E-state index in [4.69, 9.17) is 5.73 Å². The molecule has 1 amide bonds. The van der Waals surface area contributed by atoms with Gasteiger partial charge >= 0.3 is 0 Å². The van der Waals surface area contributed by atoms with E-state index in [0.29, 0.717) is 0 Å². The molecule has 138 valence electrons. The number of thioether (sulfide) groups is 1. The molecular formula is C19H22ClN3O2S. The van der Waals surface area contributed by atoms with Gasteiger partial charge in [0.15, 0.2) is 0 Å². The Hall–Kier alpha value is -2.02. The van der Waals surface area contributed by atoms with Gasteiger partial charge in [0.25, 0.3) is 5.91 Å². The van der Waals surface area contributed by atoms with E-state index in [9.17, 15) is 9.90 Å². The predicted octanol–water partition coefficient (Wildman–Crippen LogP) is 3.66. The standard InChI is InChI=1S/C19H21N3O2S.ClH/c1-13(23)17(22-11-16(19(20)24)21-12-22)9-10-25-18-8-4-6-14-5-2-3-7-15(14)18;/h2-8,11-13,17,23H,9-10H2,1H3,(H2,20,24);1H/t13-,17+;/m0./s1. The molecule has 0 unspecified atom stereocenters. The van der Waals surface area contributed by atoms with Gasteiger partial charge in [-0.2, -0.15) is 0 Å². The fraction of sp³-hybridized carbons (Fsp3) is 0.263. The molecule has 0 aliphatic heterocycles. The van der Waals surface area contributed by atoms with Crippen LogP contribution >= 0.6 is 24.2 Å². The van der Waals surface area contributed by atoms with Gasteiger partial charge in [-0.15, -0.1) is 24.2 Å². The van der Waals surface area contributed by atoms with Gasteiger partial charge in [-0.25, -0.2) is 4.98 Å². The third-order valence-electron chi connectivity index (χ3n) is 4.21. The van der Waals surface area contributed by atoms with Crippen LogP contribution in [0.5, 0.6) is 0 Å². The number of halogens is 1. The normalized spacial score (nSPS) is 13.2. The number of carbonyl (C=O) groups excluding carboxylic acids is 1. The maximum Gasteiger partial charge on any atom is 0.268 e. The Bertz CT molecular complexity index is 877. The van der Waals surface area contributed by atoms with Gasteiger partial charge in [0, 0.05) is 16.8 Å². The summed E-state index contributed by atoms with van der Waals surface area (Å²) in [6.07, 6.45) is 3.35. The molecule has 3 rings (SSSR count). The Balaban J connectivity index is 0.00000243. The Morgan fingerprint density at radius 1 is 1.27 bits per heavy atom. The van der Waals surface area contributed by atoms with Crippen LogP contribution in [0.3, 0.4) is 0 Å². The molecule has 0 fully saturated rings. The third-order valence-corrected chi connectivity index (χ3v) is 5.32. The summed E-state index contributed by atoms with van der Waals surface area (Å²) in [5.74, 6) is 0.279. The molecule has 26 heavy (non-hydrogen) atoms. The van der Waals surface area contributed by atoms with Gasteiger partial charge in [-0.3, -0.25) is 4.79 Å². The summed E-state index contributed by atoms with van der Waals surface area (Å²) in [6.45, 7) is 1.75. The second-order valence-electron chi connectivity index (χ2n) is 5.99. The molecular weight excluding hydrogens is 370 g/mol. The van der Waals surface area contributed by atoms with Crippen LogP contribution < -0.4 is 5.73 Å². The summed E-state index contributed by atoms with van der Waals surface area (Å²) >= 11 is 1.77. The van der Waals surface area contributed by atoms with E-state index in [1.807, 2.05) is 12.1 Å². The lowest BCUT2D eigenvalue weighted by Gasteiger charge is -2.21. The summed E-state index contributed by atoms with van der Waals surface area (Å²) in [7, 11) is 0. The van der Waals surface area contributed by atoms with E-state index in [2.05, 4.69) is 35.3 Å². The van der Waals surface area contributed by atoms with Gasteiger partial charge in [0.2, 0.25) is 0 Å². The minimum atomic E-state index is -0.562. The minimum Gasteiger partial charge on any atom is -0.391 e. The quantitative estimate of drug-likeness (QED) is 0.602. The highest BCUT2D eigenvalue weighted by atomic mass is 35.5. The summed E-state index contributed by atoms with van der Waals surface area (Å²) in [5.41, 5.74) is 5.47. The molecule has 0 bridgehead atoms. The van der Waals surface area contributed by atoms with E-state index in [0.717, 1.165) is 12.2 Å². The van der Waals surface area contributed by atoms with E-state index in [1.54, 1.807) is 35.8 Å². The first-order valence-corrected chi connectivity index (χ1v) is 9.16. The van der Waals surface area contributed by atoms with E-state index in [1.165, 1.54) is 15.7 Å². The average molecular weight is 392 g/mol. The SMILES string of the molecule is C[C@H](O)[C@@H](CCSc1cccc2ccccc12)n1cnc(C(N)=O)c1.Cl. The molecule has 3 N–H and O–H groups in total. The predicted molar refractivity (Wildman–Crippen MR) is 108 cm³/mol. The van der Waals surface area contributed by atoms with E-state index >= 15 is 0 Å². The lowest BCUT2D eigenvalue weighted by Crippen LogP contribution is -2.21. The highest BCUT2D eigenvalue weighted by Crippen LogP contribution is 2.30. The number of imidazole rings is 1. The van der Waals surface area contributed by atoms with Crippen molar-refractivity contribution < 1.29 is 9.90 Å². The largest absolute Gasteiger partial charge is 0.391 e. The van der Waals surface area contributed by atoms with Crippen molar-refractivity contribution >= 4 is 40.8 Å². The van der Waals surface area contributed by atoms with Gasteiger partial charge in [0.1, 0.15) is 5.69 Å². The number of nitrogens with two attached hydrogens (primary N) is 1. The van der Waals surface area contributed by atoms with Crippen LogP contribution in [0.25, 0.3) is 10.8 Å². The highest BCUT2D eigenvalue weighted by molar-refractivity contribution is 7.99. The zero-order valence-corrected chi connectivity index (χ0v) is 16.0. The van der Waals surface area contributed by atoms with Crippen molar-refractivity contribution in [3.8, 4) is 0 Å². The fourth-order valence-electron chi connectivity index (χ4n) is 2.90. The summed E-state index contributed by atoms with van der Waals surface area (Å²) in [5, 5.41) is 12.6. The van der Waals surface area contributed by atoms with Gasteiger partial charge < -0.3 is 15.4 Å². The molecule has 0 saturated carbocycles. The number of nitrogens with zero attached hydrogens (tertiary/aromatic N) is 2. The zero-order chi connectivity index (χ0) is 17.8. The summed E-state index contributed by atoms with van der Waals surface area (Å²) < 4.78 is 1.77. The van der Waals surface area contributed by atoms with Crippen LogP contribution in [0.15, 0.2) is 59.9 Å². The number of fused-ring (bicyclic) bond motifs is 1. The van der Waals surface area contributed by atoms with Crippen molar-refractivity contribution in [2.75, 3.05) is 5.75 Å². The highest BCUT2D eigenvalue weighted by Gasteiger charge is 2.18. The third kappa shape index (κ3) is 4.58. The number of aliphatic hydroxyl groups is 1. The number of primary amides is 1. The molecule has 7 heteroatoms. The zero-order valence-electron chi connectivity index (χ0n) is 14.4. The van der Waals surface area contributed by atoms with E-state index in [-0.39, 0.29) is 24.1 Å². The van der Waals surface area contributed by atoms with Crippen LogP contribution in [0.4, 0.5) is 0 Å². The number of aromatic nitrogens is 2. The first-order chi connectivity index (χ1) is 12.1. The second-order valence-corrected chi connectivity index (χ2v) is 7.13. The molecule has 0 radical (unpaired) electrons. The van der Waals surface area contributed by atoms with Crippen molar-refractivity contribution in [2.24, 2.45) is 5.73 Å². The fourth-order valence-corrected chi connectivity index (χ4v) is 3.99. The lowest BCUT2D eigenvalue weighted by atomic mass is 10.1. The number of aliphatic hydroxyl groups excluding tert-OH is 1. The number of benzene rings is 2. The molecule has 0 aliphatic carbocycles. The average Bonchev–Trinajstić information content (AvgIpc) is 3.08. The lowest BCUT2D eigenvalue weighted by molar-refractivity contribution is 0.0994. The molecule has 1 aromatic heterocycles.